The highest BCUT2D eigenvalue weighted by atomic mass is 35.5. The van der Waals surface area contributed by atoms with Crippen LogP contribution in [0.3, 0.4) is 0 Å². The van der Waals surface area contributed by atoms with Gasteiger partial charge in [-0.25, -0.2) is 0 Å². The van der Waals surface area contributed by atoms with Crippen molar-refractivity contribution in [3.63, 3.8) is 0 Å². The molecule has 1 heterocycles. The van der Waals surface area contributed by atoms with E-state index in [0.29, 0.717) is 5.92 Å². The van der Waals surface area contributed by atoms with Crippen LogP contribution >= 0.6 is 11.6 Å². The third-order valence-electron chi connectivity index (χ3n) is 3.67. The van der Waals surface area contributed by atoms with Crippen LogP contribution in [0.2, 0.25) is 5.02 Å². The first-order chi connectivity index (χ1) is 9.24. The number of aliphatic hydroxyl groups excluding tert-OH is 1. The van der Waals surface area contributed by atoms with Gasteiger partial charge in [-0.05, 0) is 37.1 Å². The van der Waals surface area contributed by atoms with Crippen molar-refractivity contribution in [3.8, 4) is 0 Å². The van der Waals surface area contributed by atoms with E-state index in [-0.39, 0.29) is 6.61 Å². The van der Waals surface area contributed by atoms with Crippen LogP contribution in [0.15, 0.2) is 18.2 Å². The molecule has 0 spiro atoms. The third kappa shape index (κ3) is 3.85. The number of aliphatic hydroxyl groups is 1. The van der Waals surface area contributed by atoms with Gasteiger partial charge in [-0.1, -0.05) is 24.6 Å². The van der Waals surface area contributed by atoms with E-state index >= 15 is 0 Å². The number of hydrogen-bond donors (Lipinski definition) is 2. The maximum atomic E-state index is 9.26. The fraction of sp³-hybridized carbons (Fsp3) is 0.600. The Morgan fingerprint density at radius 3 is 3.00 bits per heavy atom. The highest BCUT2D eigenvalue weighted by molar-refractivity contribution is 6.30. The first kappa shape index (κ1) is 14.6. The van der Waals surface area contributed by atoms with Crippen molar-refractivity contribution >= 4 is 17.3 Å². The van der Waals surface area contributed by atoms with Gasteiger partial charge in [-0.3, -0.25) is 0 Å². The lowest BCUT2D eigenvalue weighted by molar-refractivity contribution is 0.238. The number of anilines is 1. The van der Waals surface area contributed by atoms with Gasteiger partial charge in [0.05, 0.1) is 0 Å². The number of rotatable bonds is 6. The van der Waals surface area contributed by atoms with Gasteiger partial charge < -0.3 is 15.3 Å². The molecule has 1 aromatic carbocycles. The minimum Gasteiger partial charge on any atom is -0.396 e. The molecule has 1 unspecified atom stereocenters. The second-order valence-corrected chi connectivity index (χ2v) is 5.67. The van der Waals surface area contributed by atoms with Crippen molar-refractivity contribution in [1.82, 2.24) is 5.32 Å². The summed E-state index contributed by atoms with van der Waals surface area (Å²) in [6, 6.07) is 6.10. The van der Waals surface area contributed by atoms with Gasteiger partial charge in [0, 0.05) is 42.9 Å². The van der Waals surface area contributed by atoms with Crippen LogP contribution in [0.25, 0.3) is 0 Å². The lowest BCUT2D eigenvalue weighted by Crippen LogP contribution is -2.23. The first-order valence-corrected chi connectivity index (χ1v) is 7.47. The van der Waals surface area contributed by atoms with Crippen LogP contribution in [0.5, 0.6) is 0 Å². The van der Waals surface area contributed by atoms with Crippen molar-refractivity contribution in [2.75, 3.05) is 31.1 Å². The molecule has 3 nitrogen and oxygen atoms in total. The molecule has 0 bridgehead atoms. The SMILES string of the molecule is CCCNCc1ccc(Cl)cc1N1CCC(CO)C1. The average Bonchev–Trinajstić information content (AvgIpc) is 2.89. The summed E-state index contributed by atoms with van der Waals surface area (Å²) in [4.78, 5) is 2.34. The van der Waals surface area contributed by atoms with E-state index in [0.717, 1.165) is 44.0 Å². The van der Waals surface area contributed by atoms with Gasteiger partial charge in [0.25, 0.3) is 0 Å². The molecule has 1 aliphatic heterocycles. The molecule has 0 radical (unpaired) electrons. The maximum Gasteiger partial charge on any atom is 0.0476 e. The fourth-order valence-electron chi connectivity index (χ4n) is 2.58. The minimum atomic E-state index is 0.278. The Balaban J connectivity index is 2.11. The molecule has 2 N–H and O–H groups in total. The predicted octanol–water partition coefficient (Wildman–Crippen LogP) is 2.66. The first-order valence-electron chi connectivity index (χ1n) is 7.09. The molecule has 0 aliphatic carbocycles. The highest BCUT2D eigenvalue weighted by Crippen LogP contribution is 2.29. The normalized spacial score (nSPS) is 19.1. The van der Waals surface area contributed by atoms with Crippen LogP contribution in [0, 0.1) is 5.92 Å². The monoisotopic (exact) mass is 282 g/mol. The predicted molar refractivity (Wildman–Crippen MR) is 80.9 cm³/mol. The second-order valence-electron chi connectivity index (χ2n) is 5.23. The van der Waals surface area contributed by atoms with Gasteiger partial charge in [0.1, 0.15) is 0 Å². The summed E-state index contributed by atoms with van der Waals surface area (Å²) in [5.74, 6) is 0.399. The van der Waals surface area contributed by atoms with Crippen molar-refractivity contribution < 1.29 is 5.11 Å². The molecule has 1 fully saturated rings. The number of hydrogen-bond acceptors (Lipinski definition) is 3. The highest BCUT2D eigenvalue weighted by Gasteiger charge is 2.23. The van der Waals surface area contributed by atoms with E-state index in [1.165, 1.54) is 11.3 Å². The average molecular weight is 283 g/mol. The Morgan fingerprint density at radius 2 is 2.32 bits per heavy atom. The summed E-state index contributed by atoms with van der Waals surface area (Å²) < 4.78 is 0. The smallest absolute Gasteiger partial charge is 0.0476 e. The Labute approximate surface area is 120 Å². The Hall–Kier alpha value is -0.770. The molecule has 4 heteroatoms. The third-order valence-corrected chi connectivity index (χ3v) is 3.91. The zero-order valence-corrected chi connectivity index (χ0v) is 12.3. The molecular weight excluding hydrogens is 260 g/mol. The molecule has 1 aromatic rings. The second kappa shape index (κ2) is 7.13. The lowest BCUT2D eigenvalue weighted by atomic mass is 10.1. The zero-order valence-electron chi connectivity index (χ0n) is 11.5. The Bertz CT molecular complexity index is 411. The summed E-state index contributed by atoms with van der Waals surface area (Å²) in [6.07, 6.45) is 2.20. The standard InChI is InChI=1S/C15H23ClN2O/c1-2-6-17-9-13-3-4-14(16)8-15(13)18-7-5-12(10-18)11-19/h3-4,8,12,17,19H,2,5-7,9-11H2,1H3. The van der Waals surface area contributed by atoms with E-state index in [1.54, 1.807) is 0 Å². The number of nitrogens with one attached hydrogen (secondary N) is 1. The maximum absolute atomic E-state index is 9.26. The number of nitrogens with zero attached hydrogens (tertiary/aromatic N) is 1. The van der Waals surface area contributed by atoms with Crippen molar-refractivity contribution in [2.45, 2.75) is 26.3 Å². The lowest BCUT2D eigenvalue weighted by Gasteiger charge is -2.22. The molecule has 0 aromatic heterocycles. The van der Waals surface area contributed by atoms with E-state index in [1.807, 2.05) is 12.1 Å². The molecule has 1 saturated heterocycles. The van der Waals surface area contributed by atoms with Crippen molar-refractivity contribution in [3.05, 3.63) is 28.8 Å². The van der Waals surface area contributed by atoms with Crippen LogP contribution in [0.4, 0.5) is 5.69 Å². The molecule has 0 saturated carbocycles. The molecule has 19 heavy (non-hydrogen) atoms. The van der Waals surface area contributed by atoms with Crippen molar-refractivity contribution in [1.29, 1.82) is 0 Å². The van der Waals surface area contributed by atoms with Crippen LogP contribution in [-0.4, -0.2) is 31.3 Å². The number of benzene rings is 1. The largest absolute Gasteiger partial charge is 0.396 e. The topological polar surface area (TPSA) is 35.5 Å². The van der Waals surface area contributed by atoms with Crippen LogP contribution in [0.1, 0.15) is 25.3 Å². The van der Waals surface area contributed by atoms with Gasteiger partial charge >= 0.3 is 0 Å². The Morgan fingerprint density at radius 1 is 1.47 bits per heavy atom. The quantitative estimate of drug-likeness (QED) is 0.788. The van der Waals surface area contributed by atoms with Crippen LogP contribution < -0.4 is 10.2 Å². The van der Waals surface area contributed by atoms with E-state index in [9.17, 15) is 5.11 Å². The molecule has 1 aliphatic rings. The van der Waals surface area contributed by atoms with Crippen molar-refractivity contribution in [2.24, 2.45) is 5.92 Å². The molecule has 2 rings (SSSR count). The van der Waals surface area contributed by atoms with Gasteiger partial charge in [0.2, 0.25) is 0 Å². The molecular formula is C15H23ClN2O. The molecule has 106 valence electrons. The van der Waals surface area contributed by atoms with E-state index in [4.69, 9.17) is 11.6 Å². The van der Waals surface area contributed by atoms with E-state index in [2.05, 4.69) is 23.2 Å². The number of halogens is 1. The van der Waals surface area contributed by atoms with E-state index < -0.39 is 0 Å². The zero-order chi connectivity index (χ0) is 13.7. The summed E-state index contributed by atoms with van der Waals surface area (Å²) in [5.41, 5.74) is 2.50. The molecule has 1 atom stereocenters. The van der Waals surface area contributed by atoms with Gasteiger partial charge in [-0.15, -0.1) is 0 Å². The summed E-state index contributed by atoms with van der Waals surface area (Å²) >= 11 is 6.13. The molecule has 0 amide bonds. The summed E-state index contributed by atoms with van der Waals surface area (Å²) in [7, 11) is 0. The fourth-order valence-corrected chi connectivity index (χ4v) is 2.75. The minimum absolute atomic E-state index is 0.278. The Kier molecular flexibility index (Phi) is 5.49. The van der Waals surface area contributed by atoms with Crippen LogP contribution in [-0.2, 0) is 6.54 Å². The summed E-state index contributed by atoms with van der Waals surface area (Å²) in [5, 5.41) is 13.5. The van der Waals surface area contributed by atoms with Gasteiger partial charge in [0.15, 0.2) is 0 Å². The van der Waals surface area contributed by atoms with Gasteiger partial charge in [-0.2, -0.15) is 0 Å². The summed E-state index contributed by atoms with van der Waals surface area (Å²) in [6.45, 7) is 6.29.